The highest BCUT2D eigenvalue weighted by Crippen LogP contribution is 2.10. The van der Waals surface area contributed by atoms with Crippen LogP contribution < -0.4 is 15.2 Å². The van der Waals surface area contributed by atoms with E-state index in [1.54, 1.807) is 12.1 Å². The summed E-state index contributed by atoms with van der Waals surface area (Å²) in [4.78, 5) is 0. The van der Waals surface area contributed by atoms with E-state index in [1.165, 1.54) is 12.1 Å². The highest BCUT2D eigenvalue weighted by atomic mass is 32.2. The van der Waals surface area contributed by atoms with Gasteiger partial charge in [-0.1, -0.05) is 12.1 Å². The number of oxime groups is 1. The summed E-state index contributed by atoms with van der Waals surface area (Å²) in [5.41, 5.74) is 6.28. The van der Waals surface area contributed by atoms with E-state index in [2.05, 4.69) is 14.6 Å². The van der Waals surface area contributed by atoms with Crippen LogP contribution in [0.4, 0.5) is 5.69 Å². The molecule has 0 bridgehead atoms. The SMILES string of the molecule is CCCNS(=O)(=O)Nc1ccc(/C(N)=N/O)cc1. The highest BCUT2D eigenvalue weighted by Gasteiger charge is 2.08. The van der Waals surface area contributed by atoms with Crippen molar-refractivity contribution >= 4 is 21.7 Å². The standard InChI is InChI=1S/C10H16N4O3S/c1-2-7-12-18(16,17)14-9-5-3-8(4-6-9)10(11)13-15/h3-6,12,14-15H,2,7H2,1H3,(H2,11,13). The maximum atomic E-state index is 11.5. The first-order valence-corrected chi connectivity index (χ1v) is 6.82. The fraction of sp³-hybridized carbons (Fsp3) is 0.300. The van der Waals surface area contributed by atoms with Gasteiger partial charge in [-0.2, -0.15) is 13.1 Å². The van der Waals surface area contributed by atoms with E-state index in [0.717, 1.165) is 0 Å². The number of nitrogens with two attached hydrogens (primary N) is 1. The summed E-state index contributed by atoms with van der Waals surface area (Å²) >= 11 is 0. The molecule has 100 valence electrons. The number of anilines is 1. The number of nitrogens with zero attached hydrogens (tertiary/aromatic N) is 1. The summed E-state index contributed by atoms with van der Waals surface area (Å²) in [7, 11) is -3.55. The summed E-state index contributed by atoms with van der Waals surface area (Å²) in [6.07, 6.45) is 0.712. The lowest BCUT2D eigenvalue weighted by atomic mass is 10.2. The van der Waals surface area contributed by atoms with Gasteiger partial charge < -0.3 is 10.9 Å². The molecule has 0 saturated heterocycles. The summed E-state index contributed by atoms with van der Waals surface area (Å²) in [5.74, 6) is -0.0338. The van der Waals surface area contributed by atoms with E-state index in [1.807, 2.05) is 6.92 Å². The van der Waals surface area contributed by atoms with Gasteiger partial charge >= 0.3 is 0 Å². The van der Waals surface area contributed by atoms with Crippen molar-refractivity contribution in [3.63, 3.8) is 0 Å². The smallest absolute Gasteiger partial charge is 0.299 e. The Balaban J connectivity index is 2.75. The van der Waals surface area contributed by atoms with E-state index in [9.17, 15) is 8.42 Å². The zero-order valence-corrected chi connectivity index (χ0v) is 10.7. The third-order valence-electron chi connectivity index (χ3n) is 2.08. The maximum absolute atomic E-state index is 11.5. The molecular formula is C10H16N4O3S. The van der Waals surface area contributed by atoms with Gasteiger partial charge in [0.25, 0.3) is 10.2 Å². The zero-order chi connectivity index (χ0) is 13.6. The number of rotatable bonds is 6. The van der Waals surface area contributed by atoms with Crippen molar-refractivity contribution in [3.05, 3.63) is 29.8 Å². The molecule has 5 N–H and O–H groups in total. The molecule has 0 atom stereocenters. The number of benzene rings is 1. The van der Waals surface area contributed by atoms with Gasteiger partial charge in [-0.15, -0.1) is 0 Å². The molecule has 0 fully saturated rings. The van der Waals surface area contributed by atoms with Crippen molar-refractivity contribution in [3.8, 4) is 0 Å². The van der Waals surface area contributed by atoms with Crippen molar-refractivity contribution in [2.24, 2.45) is 10.9 Å². The third-order valence-corrected chi connectivity index (χ3v) is 3.17. The molecule has 0 aliphatic rings. The van der Waals surface area contributed by atoms with Gasteiger partial charge in [-0.3, -0.25) is 4.72 Å². The summed E-state index contributed by atoms with van der Waals surface area (Å²) in [5, 5.41) is 11.3. The average molecular weight is 272 g/mol. The minimum Gasteiger partial charge on any atom is -0.409 e. The summed E-state index contributed by atoms with van der Waals surface area (Å²) in [6.45, 7) is 2.24. The maximum Gasteiger partial charge on any atom is 0.299 e. The molecule has 1 rings (SSSR count). The Bertz CT molecular complexity index is 510. The second-order valence-corrected chi connectivity index (χ2v) is 5.06. The van der Waals surface area contributed by atoms with E-state index in [0.29, 0.717) is 24.2 Å². The van der Waals surface area contributed by atoms with E-state index in [4.69, 9.17) is 10.9 Å². The van der Waals surface area contributed by atoms with Crippen LogP contribution in [0.25, 0.3) is 0 Å². The van der Waals surface area contributed by atoms with Crippen LogP contribution in [-0.4, -0.2) is 26.0 Å². The van der Waals surface area contributed by atoms with Crippen LogP contribution in [0.5, 0.6) is 0 Å². The minimum absolute atomic E-state index is 0.0338. The summed E-state index contributed by atoms with van der Waals surface area (Å²) in [6, 6.07) is 6.15. The van der Waals surface area contributed by atoms with Crippen molar-refractivity contribution < 1.29 is 13.6 Å². The zero-order valence-electron chi connectivity index (χ0n) is 9.92. The van der Waals surface area contributed by atoms with Crippen molar-refractivity contribution in [2.45, 2.75) is 13.3 Å². The molecule has 1 aromatic carbocycles. The van der Waals surface area contributed by atoms with Gasteiger partial charge in [0.05, 0.1) is 0 Å². The summed E-state index contributed by atoms with van der Waals surface area (Å²) < 4.78 is 27.8. The monoisotopic (exact) mass is 272 g/mol. The van der Waals surface area contributed by atoms with E-state index in [-0.39, 0.29) is 5.84 Å². The van der Waals surface area contributed by atoms with Gasteiger partial charge in [-0.05, 0) is 30.7 Å². The van der Waals surface area contributed by atoms with E-state index >= 15 is 0 Å². The fourth-order valence-corrected chi connectivity index (χ4v) is 2.19. The quantitative estimate of drug-likeness (QED) is 0.260. The van der Waals surface area contributed by atoms with Gasteiger partial charge in [-0.25, -0.2) is 0 Å². The average Bonchev–Trinajstić information content (AvgIpc) is 2.36. The number of amidine groups is 1. The van der Waals surface area contributed by atoms with E-state index < -0.39 is 10.2 Å². The molecule has 0 unspecified atom stereocenters. The predicted molar refractivity (Wildman–Crippen MR) is 69.8 cm³/mol. The Labute approximate surface area is 106 Å². The minimum atomic E-state index is -3.55. The Morgan fingerprint density at radius 1 is 1.39 bits per heavy atom. The Morgan fingerprint density at radius 2 is 2.00 bits per heavy atom. The lowest BCUT2D eigenvalue weighted by Crippen LogP contribution is -2.30. The molecule has 0 aliphatic heterocycles. The Morgan fingerprint density at radius 3 is 2.50 bits per heavy atom. The molecule has 1 aromatic rings. The molecule has 8 heteroatoms. The number of hydrogen-bond donors (Lipinski definition) is 4. The van der Waals surface area contributed by atoms with Crippen molar-refractivity contribution in [1.82, 2.24) is 4.72 Å². The molecule has 0 amide bonds. The normalized spacial score (nSPS) is 12.4. The van der Waals surface area contributed by atoms with Crippen LogP contribution in [0, 0.1) is 0 Å². The first-order valence-electron chi connectivity index (χ1n) is 5.34. The Hall–Kier alpha value is -1.80. The lowest BCUT2D eigenvalue weighted by molar-refractivity contribution is 0.318. The second-order valence-electron chi connectivity index (χ2n) is 3.56. The molecule has 0 heterocycles. The molecule has 0 spiro atoms. The van der Waals surface area contributed by atoms with Gasteiger partial charge in [0.2, 0.25) is 0 Å². The largest absolute Gasteiger partial charge is 0.409 e. The molecule has 18 heavy (non-hydrogen) atoms. The van der Waals surface area contributed by atoms with Crippen LogP contribution in [0.1, 0.15) is 18.9 Å². The Kier molecular flexibility index (Phi) is 4.93. The molecule has 0 radical (unpaired) electrons. The van der Waals surface area contributed by atoms with Crippen LogP contribution in [0.15, 0.2) is 29.4 Å². The van der Waals surface area contributed by atoms with Crippen LogP contribution in [0.2, 0.25) is 0 Å². The van der Waals surface area contributed by atoms with Crippen LogP contribution >= 0.6 is 0 Å². The van der Waals surface area contributed by atoms with Gasteiger partial charge in [0.15, 0.2) is 5.84 Å². The molecule has 0 aliphatic carbocycles. The van der Waals surface area contributed by atoms with Gasteiger partial charge in [0, 0.05) is 17.8 Å². The first-order chi connectivity index (χ1) is 8.48. The predicted octanol–water partition coefficient (Wildman–Crippen LogP) is 0.437. The third kappa shape index (κ3) is 4.22. The molecule has 0 aromatic heterocycles. The van der Waals surface area contributed by atoms with Crippen molar-refractivity contribution in [1.29, 1.82) is 0 Å². The van der Waals surface area contributed by atoms with Crippen LogP contribution in [0.3, 0.4) is 0 Å². The highest BCUT2D eigenvalue weighted by molar-refractivity contribution is 7.90. The first kappa shape index (κ1) is 14.3. The molecule has 0 saturated carbocycles. The second kappa shape index (κ2) is 6.22. The van der Waals surface area contributed by atoms with Gasteiger partial charge in [0.1, 0.15) is 0 Å². The van der Waals surface area contributed by atoms with Crippen LogP contribution in [-0.2, 0) is 10.2 Å². The van der Waals surface area contributed by atoms with Crippen molar-refractivity contribution in [2.75, 3.05) is 11.3 Å². The number of nitrogens with one attached hydrogen (secondary N) is 2. The lowest BCUT2D eigenvalue weighted by Gasteiger charge is -2.08. The fourth-order valence-electron chi connectivity index (χ4n) is 1.19. The molecular weight excluding hydrogens is 256 g/mol. The molecule has 7 nitrogen and oxygen atoms in total. The number of hydrogen-bond acceptors (Lipinski definition) is 4. The topological polar surface area (TPSA) is 117 Å².